The van der Waals surface area contributed by atoms with Crippen LogP contribution < -0.4 is 5.73 Å². The van der Waals surface area contributed by atoms with E-state index in [1.165, 1.54) is 0 Å². The predicted molar refractivity (Wildman–Crippen MR) is 82.1 cm³/mol. The first-order chi connectivity index (χ1) is 9.44. The van der Waals surface area contributed by atoms with Crippen LogP contribution in [0, 0.1) is 0 Å². The Labute approximate surface area is 125 Å². The quantitative estimate of drug-likeness (QED) is 0.895. The van der Waals surface area contributed by atoms with E-state index in [0.29, 0.717) is 12.2 Å². The molecule has 2 N–H and O–H groups in total. The van der Waals surface area contributed by atoms with Crippen molar-refractivity contribution in [2.24, 2.45) is 0 Å². The maximum Gasteiger partial charge on any atom is 0.152 e. The van der Waals surface area contributed by atoms with Gasteiger partial charge in [-0.05, 0) is 18.6 Å². The van der Waals surface area contributed by atoms with Crippen LogP contribution in [0.2, 0.25) is 0 Å². The summed E-state index contributed by atoms with van der Waals surface area (Å²) in [6.07, 6.45) is 0.577. The van der Waals surface area contributed by atoms with Gasteiger partial charge >= 0.3 is 0 Å². The summed E-state index contributed by atoms with van der Waals surface area (Å²) >= 11 is 3.39. The summed E-state index contributed by atoms with van der Waals surface area (Å²) in [4.78, 5) is 0. The van der Waals surface area contributed by atoms with Gasteiger partial charge in [0.1, 0.15) is 5.82 Å². The molecule has 2 heterocycles. The van der Waals surface area contributed by atoms with Crippen molar-refractivity contribution >= 4 is 31.6 Å². The van der Waals surface area contributed by atoms with Gasteiger partial charge < -0.3 is 5.73 Å². The number of halogens is 1. The van der Waals surface area contributed by atoms with E-state index >= 15 is 0 Å². The molecule has 1 unspecified atom stereocenters. The first-order valence-electron chi connectivity index (χ1n) is 6.26. The zero-order valence-corrected chi connectivity index (χ0v) is 13.1. The van der Waals surface area contributed by atoms with Crippen molar-refractivity contribution < 1.29 is 8.42 Å². The van der Waals surface area contributed by atoms with Crippen LogP contribution in [0.1, 0.15) is 12.5 Å². The molecule has 106 valence electrons. The van der Waals surface area contributed by atoms with Gasteiger partial charge in [-0.3, -0.25) is 0 Å². The lowest BCUT2D eigenvalue weighted by molar-refractivity contribution is 0.508. The molecule has 1 aromatic carbocycles. The van der Waals surface area contributed by atoms with Gasteiger partial charge in [-0.1, -0.05) is 28.1 Å². The van der Waals surface area contributed by atoms with Gasteiger partial charge in [-0.15, -0.1) is 0 Å². The Balaban J connectivity index is 1.93. The minimum absolute atomic E-state index is 0.124. The van der Waals surface area contributed by atoms with Crippen molar-refractivity contribution in [1.29, 1.82) is 0 Å². The Kier molecular flexibility index (Phi) is 3.33. The molecule has 1 aliphatic heterocycles. The van der Waals surface area contributed by atoms with Crippen LogP contribution >= 0.6 is 15.9 Å². The lowest BCUT2D eigenvalue weighted by Crippen LogP contribution is -2.14. The number of sulfone groups is 1. The van der Waals surface area contributed by atoms with Crippen molar-refractivity contribution in [2.75, 3.05) is 17.2 Å². The molecule has 1 aromatic heterocycles. The molecule has 0 spiro atoms. The van der Waals surface area contributed by atoms with E-state index in [0.717, 1.165) is 15.7 Å². The second-order valence-corrected chi connectivity index (χ2v) is 8.11. The fraction of sp³-hybridized carbons (Fsp3) is 0.308. The largest absolute Gasteiger partial charge is 0.384 e. The molecule has 2 aromatic rings. The number of nitrogen functional groups attached to an aromatic ring is 1. The molecule has 0 amide bonds. The molecule has 1 fully saturated rings. The first-order valence-corrected chi connectivity index (χ1v) is 8.87. The highest BCUT2D eigenvalue weighted by molar-refractivity contribution is 9.10. The van der Waals surface area contributed by atoms with Gasteiger partial charge in [0.2, 0.25) is 0 Å². The molecule has 1 atom stereocenters. The molecule has 0 saturated carbocycles. The topological polar surface area (TPSA) is 78.0 Å². The molecular weight excluding hydrogens is 342 g/mol. The molecule has 1 saturated heterocycles. The molecule has 20 heavy (non-hydrogen) atoms. The number of benzene rings is 1. The van der Waals surface area contributed by atoms with Gasteiger partial charge in [0.25, 0.3) is 0 Å². The third-order valence-electron chi connectivity index (χ3n) is 3.46. The summed E-state index contributed by atoms with van der Waals surface area (Å²) < 4.78 is 25.7. The Morgan fingerprint density at radius 1 is 1.30 bits per heavy atom. The van der Waals surface area contributed by atoms with Crippen LogP contribution in [-0.4, -0.2) is 29.7 Å². The molecule has 0 bridgehead atoms. The first kappa shape index (κ1) is 13.6. The zero-order chi connectivity index (χ0) is 14.3. The van der Waals surface area contributed by atoms with E-state index < -0.39 is 9.84 Å². The minimum atomic E-state index is -2.94. The van der Waals surface area contributed by atoms with E-state index in [9.17, 15) is 8.42 Å². The number of nitrogens with zero attached hydrogens (tertiary/aromatic N) is 2. The van der Waals surface area contributed by atoms with Gasteiger partial charge in [-0.2, -0.15) is 5.10 Å². The van der Waals surface area contributed by atoms with E-state index in [4.69, 9.17) is 5.73 Å². The van der Waals surface area contributed by atoms with Crippen LogP contribution in [0.3, 0.4) is 0 Å². The average molecular weight is 356 g/mol. The van der Waals surface area contributed by atoms with Gasteiger partial charge in [0.05, 0.1) is 23.2 Å². The summed E-state index contributed by atoms with van der Waals surface area (Å²) in [5, 5.41) is 4.47. The maximum atomic E-state index is 11.6. The fourth-order valence-electron chi connectivity index (χ4n) is 2.43. The Morgan fingerprint density at radius 2 is 2.00 bits per heavy atom. The van der Waals surface area contributed by atoms with Crippen molar-refractivity contribution in [3.63, 3.8) is 0 Å². The maximum absolute atomic E-state index is 11.6. The average Bonchev–Trinajstić information content (AvgIpc) is 2.93. The van der Waals surface area contributed by atoms with E-state index in [1.54, 1.807) is 10.7 Å². The monoisotopic (exact) mass is 355 g/mol. The molecule has 3 rings (SSSR count). The van der Waals surface area contributed by atoms with E-state index in [1.807, 2.05) is 24.3 Å². The van der Waals surface area contributed by atoms with Gasteiger partial charge in [0.15, 0.2) is 9.84 Å². The summed E-state index contributed by atoms with van der Waals surface area (Å²) in [6, 6.07) is 9.40. The standard InChI is InChI=1S/C13H14BrN3O2S/c14-10-3-1-9(2-4-10)12-7-13(15)17(16-12)11-5-6-20(18,19)8-11/h1-4,7,11H,5-6,8,15H2. The molecule has 5 nitrogen and oxygen atoms in total. The van der Waals surface area contributed by atoms with Crippen molar-refractivity contribution in [2.45, 2.75) is 12.5 Å². The van der Waals surface area contributed by atoms with E-state index in [-0.39, 0.29) is 17.5 Å². The second kappa shape index (κ2) is 4.89. The zero-order valence-electron chi connectivity index (χ0n) is 10.7. The lowest BCUT2D eigenvalue weighted by atomic mass is 10.2. The smallest absolute Gasteiger partial charge is 0.152 e. The molecule has 0 radical (unpaired) electrons. The van der Waals surface area contributed by atoms with Crippen LogP contribution in [0.15, 0.2) is 34.8 Å². The van der Waals surface area contributed by atoms with Gasteiger partial charge in [0, 0.05) is 16.1 Å². The number of rotatable bonds is 2. The SMILES string of the molecule is Nc1cc(-c2ccc(Br)cc2)nn1C1CCS(=O)(=O)C1. The van der Waals surface area contributed by atoms with Crippen molar-refractivity contribution in [1.82, 2.24) is 9.78 Å². The highest BCUT2D eigenvalue weighted by atomic mass is 79.9. The Bertz CT molecular complexity index is 737. The van der Waals surface area contributed by atoms with Crippen LogP contribution in [-0.2, 0) is 9.84 Å². The number of aromatic nitrogens is 2. The fourth-order valence-corrected chi connectivity index (χ4v) is 4.39. The van der Waals surface area contributed by atoms with Gasteiger partial charge in [-0.25, -0.2) is 13.1 Å². The van der Waals surface area contributed by atoms with Crippen LogP contribution in [0.5, 0.6) is 0 Å². The highest BCUT2D eigenvalue weighted by Crippen LogP contribution is 2.29. The lowest BCUT2D eigenvalue weighted by Gasteiger charge is -2.09. The Hall–Kier alpha value is -1.34. The molecule has 7 heteroatoms. The van der Waals surface area contributed by atoms with Crippen LogP contribution in [0.4, 0.5) is 5.82 Å². The number of hydrogen-bond acceptors (Lipinski definition) is 4. The normalized spacial score (nSPS) is 21.1. The third kappa shape index (κ3) is 2.60. The summed E-state index contributed by atoms with van der Waals surface area (Å²) in [7, 11) is -2.94. The number of anilines is 1. The molecule has 0 aliphatic carbocycles. The van der Waals surface area contributed by atoms with Crippen LogP contribution in [0.25, 0.3) is 11.3 Å². The molecular formula is C13H14BrN3O2S. The van der Waals surface area contributed by atoms with E-state index in [2.05, 4.69) is 21.0 Å². The highest BCUT2D eigenvalue weighted by Gasteiger charge is 2.30. The van der Waals surface area contributed by atoms with Crippen molar-refractivity contribution in [3.05, 3.63) is 34.8 Å². The minimum Gasteiger partial charge on any atom is -0.384 e. The number of nitrogens with two attached hydrogens (primary N) is 1. The third-order valence-corrected chi connectivity index (χ3v) is 5.74. The summed E-state index contributed by atoms with van der Waals surface area (Å²) in [5.74, 6) is 0.841. The van der Waals surface area contributed by atoms with Crippen molar-refractivity contribution in [3.8, 4) is 11.3 Å². The summed E-state index contributed by atoms with van der Waals surface area (Å²) in [6.45, 7) is 0. The molecule has 1 aliphatic rings. The predicted octanol–water partition coefficient (Wildman–Crippen LogP) is 2.25. The Morgan fingerprint density at radius 3 is 2.60 bits per heavy atom. The second-order valence-electron chi connectivity index (χ2n) is 4.96. The summed E-state index contributed by atoms with van der Waals surface area (Å²) in [5.41, 5.74) is 7.69. The number of hydrogen-bond donors (Lipinski definition) is 1.